The fourth-order valence-electron chi connectivity index (χ4n) is 1.77. The number of esters is 1. The molecule has 2 bridgehead atoms. The number of ether oxygens (including phenoxy) is 2. The van der Waals surface area contributed by atoms with Crippen molar-refractivity contribution in [2.24, 2.45) is 0 Å². The SMILES string of the molecule is O=C1OCC23CC=C(C=C12)O3. The molecule has 3 aliphatic heterocycles. The summed E-state index contributed by atoms with van der Waals surface area (Å²) < 4.78 is 10.4. The van der Waals surface area contributed by atoms with Crippen LogP contribution >= 0.6 is 0 Å². The van der Waals surface area contributed by atoms with Crippen LogP contribution in [0.25, 0.3) is 0 Å². The zero-order valence-corrected chi connectivity index (χ0v) is 5.79. The van der Waals surface area contributed by atoms with Crippen molar-refractivity contribution < 1.29 is 14.3 Å². The van der Waals surface area contributed by atoms with Crippen LogP contribution in [0.4, 0.5) is 0 Å². The Morgan fingerprint density at radius 2 is 2.45 bits per heavy atom. The predicted molar refractivity (Wildman–Crippen MR) is 35.6 cm³/mol. The van der Waals surface area contributed by atoms with Gasteiger partial charge in [-0.25, -0.2) is 4.79 Å². The van der Waals surface area contributed by atoms with E-state index in [0.29, 0.717) is 12.2 Å². The van der Waals surface area contributed by atoms with Crippen LogP contribution in [-0.4, -0.2) is 18.2 Å². The van der Waals surface area contributed by atoms with Gasteiger partial charge in [-0.2, -0.15) is 0 Å². The summed E-state index contributed by atoms with van der Waals surface area (Å²) in [6, 6.07) is 0. The first-order chi connectivity index (χ1) is 5.30. The Labute approximate surface area is 63.3 Å². The summed E-state index contributed by atoms with van der Waals surface area (Å²) >= 11 is 0. The quantitative estimate of drug-likeness (QED) is 0.472. The summed E-state index contributed by atoms with van der Waals surface area (Å²) in [6.07, 6.45) is 4.56. The Morgan fingerprint density at radius 3 is 3.18 bits per heavy atom. The van der Waals surface area contributed by atoms with E-state index in [9.17, 15) is 4.79 Å². The maximum Gasteiger partial charge on any atom is 0.338 e. The van der Waals surface area contributed by atoms with Gasteiger partial charge in [-0.3, -0.25) is 0 Å². The number of fused-ring (bicyclic) bond motifs is 1. The predicted octanol–water partition coefficient (Wildman–Crippen LogP) is 0.526. The van der Waals surface area contributed by atoms with Crippen molar-refractivity contribution in [3.8, 4) is 0 Å². The van der Waals surface area contributed by atoms with Crippen molar-refractivity contribution in [1.29, 1.82) is 0 Å². The zero-order valence-electron chi connectivity index (χ0n) is 5.79. The van der Waals surface area contributed by atoms with Crippen LogP contribution in [0.3, 0.4) is 0 Å². The van der Waals surface area contributed by atoms with Gasteiger partial charge < -0.3 is 9.47 Å². The molecule has 0 radical (unpaired) electrons. The van der Waals surface area contributed by atoms with Crippen LogP contribution in [0.5, 0.6) is 0 Å². The second-order valence-electron chi connectivity index (χ2n) is 3.04. The standard InChI is InChI=1S/C8H6O3/c9-7-6-3-5-1-2-8(6,11-5)4-10-7/h1,3H,2,4H2. The molecular formula is C8H6O3. The van der Waals surface area contributed by atoms with E-state index < -0.39 is 5.60 Å². The summed E-state index contributed by atoms with van der Waals surface area (Å²) in [5.74, 6) is 0.616. The van der Waals surface area contributed by atoms with Crippen molar-refractivity contribution in [3.63, 3.8) is 0 Å². The maximum atomic E-state index is 11.0. The van der Waals surface area contributed by atoms with E-state index in [4.69, 9.17) is 9.47 Å². The first kappa shape index (κ1) is 5.41. The van der Waals surface area contributed by atoms with E-state index in [2.05, 4.69) is 0 Å². The van der Waals surface area contributed by atoms with Gasteiger partial charge in [0.1, 0.15) is 12.4 Å². The topological polar surface area (TPSA) is 35.5 Å². The van der Waals surface area contributed by atoms with Crippen LogP contribution in [-0.2, 0) is 14.3 Å². The van der Waals surface area contributed by atoms with Gasteiger partial charge in [-0.15, -0.1) is 0 Å². The molecule has 0 aromatic rings. The molecule has 3 aliphatic rings. The van der Waals surface area contributed by atoms with E-state index in [1.54, 1.807) is 6.08 Å². The minimum absolute atomic E-state index is 0.215. The summed E-state index contributed by atoms with van der Waals surface area (Å²) in [4.78, 5) is 11.0. The lowest BCUT2D eigenvalue weighted by molar-refractivity contribution is -0.135. The Balaban J connectivity index is 2.21. The molecule has 0 aliphatic carbocycles. The molecule has 0 saturated carbocycles. The minimum atomic E-state index is -0.410. The number of cyclic esters (lactones) is 1. The Morgan fingerprint density at radius 1 is 1.55 bits per heavy atom. The molecule has 1 fully saturated rings. The average molecular weight is 150 g/mol. The number of allylic oxidation sites excluding steroid dienone is 1. The lowest BCUT2D eigenvalue weighted by Gasteiger charge is -2.16. The van der Waals surface area contributed by atoms with Gasteiger partial charge in [-0.05, 0) is 12.2 Å². The number of hydrogen-bond donors (Lipinski definition) is 0. The number of hydrogen-bond acceptors (Lipinski definition) is 3. The third-order valence-electron chi connectivity index (χ3n) is 2.38. The van der Waals surface area contributed by atoms with Gasteiger partial charge in [-0.1, -0.05) is 0 Å². The third-order valence-corrected chi connectivity index (χ3v) is 2.38. The highest BCUT2D eigenvalue weighted by Crippen LogP contribution is 2.46. The van der Waals surface area contributed by atoms with Crippen molar-refractivity contribution in [2.75, 3.05) is 6.61 Å². The van der Waals surface area contributed by atoms with Crippen LogP contribution in [0.15, 0.2) is 23.5 Å². The Kier molecular flexibility index (Phi) is 0.662. The fraction of sp³-hybridized carbons (Fsp3) is 0.375. The molecule has 3 nitrogen and oxygen atoms in total. The summed E-state index contributed by atoms with van der Waals surface area (Å²) in [6.45, 7) is 0.387. The molecule has 11 heavy (non-hydrogen) atoms. The highest BCUT2D eigenvalue weighted by Gasteiger charge is 2.54. The number of carbonyl (C=O) groups is 1. The first-order valence-electron chi connectivity index (χ1n) is 3.59. The Bertz CT molecular complexity index is 313. The van der Waals surface area contributed by atoms with Crippen molar-refractivity contribution >= 4 is 5.97 Å². The van der Waals surface area contributed by atoms with Crippen LogP contribution in [0.2, 0.25) is 0 Å². The van der Waals surface area contributed by atoms with Crippen LogP contribution in [0, 0.1) is 0 Å². The van der Waals surface area contributed by atoms with E-state index in [0.717, 1.165) is 12.2 Å². The minimum Gasteiger partial charge on any atom is -0.479 e. The smallest absolute Gasteiger partial charge is 0.338 e. The molecule has 1 spiro atoms. The average Bonchev–Trinajstić information content (AvgIpc) is 2.62. The van der Waals surface area contributed by atoms with E-state index in [-0.39, 0.29) is 5.97 Å². The summed E-state index contributed by atoms with van der Waals surface area (Å²) in [7, 11) is 0. The largest absolute Gasteiger partial charge is 0.479 e. The molecule has 1 atom stereocenters. The maximum absolute atomic E-state index is 11.0. The highest BCUT2D eigenvalue weighted by atomic mass is 16.6. The van der Waals surface area contributed by atoms with Gasteiger partial charge in [0.25, 0.3) is 0 Å². The molecule has 3 rings (SSSR count). The van der Waals surface area contributed by atoms with E-state index >= 15 is 0 Å². The third kappa shape index (κ3) is 0.450. The van der Waals surface area contributed by atoms with E-state index in [1.807, 2.05) is 6.08 Å². The molecule has 0 N–H and O–H groups in total. The number of rotatable bonds is 0. The van der Waals surface area contributed by atoms with Gasteiger partial charge in [0.05, 0.1) is 5.57 Å². The highest BCUT2D eigenvalue weighted by molar-refractivity contribution is 5.95. The van der Waals surface area contributed by atoms with Crippen molar-refractivity contribution in [3.05, 3.63) is 23.5 Å². The Hall–Kier alpha value is -1.25. The molecule has 0 aromatic heterocycles. The van der Waals surface area contributed by atoms with Gasteiger partial charge in [0.15, 0.2) is 5.60 Å². The molecule has 0 aromatic carbocycles. The second kappa shape index (κ2) is 1.35. The van der Waals surface area contributed by atoms with E-state index in [1.165, 1.54) is 0 Å². The van der Waals surface area contributed by atoms with Crippen molar-refractivity contribution in [2.45, 2.75) is 12.0 Å². The van der Waals surface area contributed by atoms with Gasteiger partial charge in [0.2, 0.25) is 0 Å². The molecule has 0 amide bonds. The zero-order chi connectivity index (χ0) is 7.47. The molecule has 3 heterocycles. The lowest BCUT2D eigenvalue weighted by atomic mass is 9.92. The molecule has 1 unspecified atom stereocenters. The molecular weight excluding hydrogens is 144 g/mol. The summed E-state index contributed by atoms with van der Waals surface area (Å²) in [5, 5.41) is 0. The molecule has 3 heteroatoms. The lowest BCUT2D eigenvalue weighted by Crippen LogP contribution is -2.28. The fourth-order valence-corrected chi connectivity index (χ4v) is 1.77. The normalized spacial score (nSPS) is 37.6. The second-order valence-corrected chi connectivity index (χ2v) is 3.04. The van der Waals surface area contributed by atoms with Crippen LogP contribution < -0.4 is 0 Å². The summed E-state index contributed by atoms with van der Waals surface area (Å²) in [5.41, 5.74) is 0.293. The van der Waals surface area contributed by atoms with Crippen molar-refractivity contribution in [1.82, 2.24) is 0 Å². The number of carbonyl (C=O) groups excluding carboxylic acids is 1. The van der Waals surface area contributed by atoms with Gasteiger partial charge in [0, 0.05) is 6.42 Å². The molecule has 56 valence electrons. The van der Waals surface area contributed by atoms with Gasteiger partial charge >= 0.3 is 5.97 Å². The monoisotopic (exact) mass is 150 g/mol. The molecule has 1 saturated heterocycles. The van der Waals surface area contributed by atoms with Crippen LogP contribution in [0.1, 0.15) is 6.42 Å². The first-order valence-corrected chi connectivity index (χ1v) is 3.59.